The van der Waals surface area contributed by atoms with E-state index in [1.165, 1.54) is 11.8 Å². The smallest absolute Gasteiger partial charge is 0.300 e. The molecular weight excluding hydrogens is 354 g/mol. The SMILES string of the molecule is C=CCn1c(SC(C)C(=O)N(C)C)nnc1C1CCNCC1.CC(=O)O. The first-order valence-electron chi connectivity index (χ1n) is 8.60. The van der Waals surface area contributed by atoms with Gasteiger partial charge in [-0.3, -0.25) is 9.59 Å². The summed E-state index contributed by atoms with van der Waals surface area (Å²) in [4.78, 5) is 22.7. The molecule has 1 aliphatic heterocycles. The molecule has 146 valence electrons. The van der Waals surface area contributed by atoms with Gasteiger partial charge < -0.3 is 19.9 Å². The molecule has 1 unspecified atom stereocenters. The summed E-state index contributed by atoms with van der Waals surface area (Å²) in [5, 5.41) is 20.1. The third kappa shape index (κ3) is 6.80. The Hall–Kier alpha value is -1.87. The standard InChI is InChI=1S/C15H25N5OS.C2H4O2/c1-5-10-20-13(12-6-8-16-9-7-12)17-18-15(20)22-11(2)14(21)19(3)4;1-2(3)4/h5,11-12,16H,1,6-10H2,2-4H3;1H3,(H,3,4). The number of piperidine rings is 1. The summed E-state index contributed by atoms with van der Waals surface area (Å²) in [5.41, 5.74) is 0. The molecule has 8 nitrogen and oxygen atoms in total. The van der Waals surface area contributed by atoms with Crippen molar-refractivity contribution in [1.82, 2.24) is 25.0 Å². The average molecular weight is 384 g/mol. The zero-order valence-electron chi connectivity index (χ0n) is 15.9. The van der Waals surface area contributed by atoms with Gasteiger partial charge in [0.2, 0.25) is 5.91 Å². The molecule has 2 rings (SSSR count). The Morgan fingerprint density at radius 1 is 1.42 bits per heavy atom. The zero-order chi connectivity index (χ0) is 19.7. The molecule has 1 aromatic heterocycles. The van der Waals surface area contributed by atoms with Crippen LogP contribution in [0.3, 0.4) is 0 Å². The van der Waals surface area contributed by atoms with Crippen molar-refractivity contribution in [3.05, 3.63) is 18.5 Å². The van der Waals surface area contributed by atoms with Crippen LogP contribution >= 0.6 is 11.8 Å². The second-order valence-corrected chi connectivity index (χ2v) is 7.58. The van der Waals surface area contributed by atoms with Crippen molar-refractivity contribution in [2.24, 2.45) is 0 Å². The summed E-state index contributed by atoms with van der Waals surface area (Å²) in [5.74, 6) is 0.706. The van der Waals surface area contributed by atoms with E-state index in [0.29, 0.717) is 12.5 Å². The van der Waals surface area contributed by atoms with Crippen LogP contribution in [0.2, 0.25) is 0 Å². The largest absolute Gasteiger partial charge is 0.481 e. The minimum absolute atomic E-state index is 0.0848. The van der Waals surface area contributed by atoms with E-state index < -0.39 is 5.97 Å². The van der Waals surface area contributed by atoms with Gasteiger partial charge in [0.1, 0.15) is 5.82 Å². The molecule has 1 aliphatic rings. The number of allylic oxidation sites excluding steroid dienone is 1. The lowest BCUT2D eigenvalue weighted by molar-refractivity contribution is -0.134. The van der Waals surface area contributed by atoms with Crippen LogP contribution in [0.1, 0.15) is 38.4 Å². The van der Waals surface area contributed by atoms with Crippen LogP contribution in [-0.2, 0) is 16.1 Å². The summed E-state index contributed by atoms with van der Waals surface area (Å²) < 4.78 is 2.10. The number of carboxylic acid groups (broad SMARTS) is 1. The number of rotatable bonds is 6. The number of aliphatic carboxylic acids is 1. The number of nitrogens with one attached hydrogen (secondary N) is 1. The van der Waals surface area contributed by atoms with E-state index in [0.717, 1.165) is 43.8 Å². The molecule has 0 spiro atoms. The van der Waals surface area contributed by atoms with Gasteiger partial charge in [-0.15, -0.1) is 16.8 Å². The molecule has 2 N–H and O–H groups in total. The molecule has 1 amide bonds. The van der Waals surface area contributed by atoms with E-state index in [9.17, 15) is 4.79 Å². The number of hydrogen-bond donors (Lipinski definition) is 2. The fraction of sp³-hybridized carbons (Fsp3) is 0.647. The van der Waals surface area contributed by atoms with E-state index in [1.807, 2.05) is 13.0 Å². The van der Waals surface area contributed by atoms with Crippen molar-refractivity contribution in [1.29, 1.82) is 0 Å². The zero-order valence-corrected chi connectivity index (χ0v) is 16.8. The van der Waals surface area contributed by atoms with Gasteiger partial charge in [0.05, 0.1) is 5.25 Å². The van der Waals surface area contributed by atoms with Crippen LogP contribution < -0.4 is 5.32 Å². The lowest BCUT2D eigenvalue weighted by Gasteiger charge is -2.22. The molecule has 1 atom stereocenters. The Balaban J connectivity index is 0.000000765. The number of thioether (sulfide) groups is 1. The maximum atomic E-state index is 12.0. The highest BCUT2D eigenvalue weighted by molar-refractivity contribution is 8.00. The molecule has 0 saturated carbocycles. The number of hydrogen-bond acceptors (Lipinski definition) is 6. The number of amides is 1. The minimum atomic E-state index is -0.833. The highest BCUT2D eigenvalue weighted by atomic mass is 32.2. The van der Waals surface area contributed by atoms with Crippen LogP contribution in [0.15, 0.2) is 17.8 Å². The van der Waals surface area contributed by atoms with Gasteiger partial charge in [0, 0.05) is 33.5 Å². The van der Waals surface area contributed by atoms with Crippen molar-refractivity contribution >= 4 is 23.6 Å². The average Bonchev–Trinajstić information content (AvgIpc) is 2.97. The summed E-state index contributed by atoms with van der Waals surface area (Å²) in [6, 6.07) is 0. The maximum absolute atomic E-state index is 12.0. The molecule has 0 bridgehead atoms. The van der Waals surface area contributed by atoms with Gasteiger partial charge in [0.15, 0.2) is 5.16 Å². The van der Waals surface area contributed by atoms with E-state index in [2.05, 4.69) is 26.7 Å². The quantitative estimate of drug-likeness (QED) is 0.568. The number of carboxylic acids is 1. The summed E-state index contributed by atoms with van der Waals surface area (Å²) in [6.07, 6.45) is 4.01. The summed E-state index contributed by atoms with van der Waals surface area (Å²) in [6.45, 7) is 9.54. The van der Waals surface area contributed by atoms with E-state index in [-0.39, 0.29) is 11.2 Å². The molecular formula is C17H29N5O3S. The van der Waals surface area contributed by atoms with Crippen LogP contribution in [0.5, 0.6) is 0 Å². The van der Waals surface area contributed by atoms with E-state index in [1.54, 1.807) is 19.0 Å². The van der Waals surface area contributed by atoms with Gasteiger partial charge in [-0.25, -0.2) is 0 Å². The number of aromatic nitrogens is 3. The second kappa shape index (κ2) is 11.0. The van der Waals surface area contributed by atoms with Gasteiger partial charge in [-0.2, -0.15) is 0 Å². The molecule has 1 saturated heterocycles. The topological polar surface area (TPSA) is 100 Å². The van der Waals surface area contributed by atoms with Crippen LogP contribution in [-0.4, -0.2) is 69.1 Å². The fourth-order valence-electron chi connectivity index (χ4n) is 2.64. The Morgan fingerprint density at radius 2 is 2.00 bits per heavy atom. The van der Waals surface area contributed by atoms with Crippen molar-refractivity contribution in [2.45, 2.75) is 49.6 Å². The lowest BCUT2D eigenvalue weighted by Crippen LogP contribution is -2.30. The third-order valence-electron chi connectivity index (χ3n) is 3.83. The predicted molar refractivity (Wildman–Crippen MR) is 102 cm³/mol. The van der Waals surface area contributed by atoms with Crippen LogP contribution in [0.25, 0.3) is 0 Å². The second-order valence-electron chi connectivity index (χ2n) is 6.28. The van der Waals surface area contributed by atoms with Crippen molar-refractivity contribution in [3.63, 3.8) is 0 Å². The third-order valence-corrected chi connectivity index (χ3v) is 4.90. The number of carbonyl (C=O) groups is 2. The Morgan fingerprint density at radius 3 is 2.50 bits per heavy atom. The van der Waals surface area contributed by atoms with Gasteiger partial charge in [-0.05, 0) is 32.9 Å². The predicted octanol–water partition coefficient (Wildman–Crippen LogP) is 1.59. The number of nitrogens with zero attached hydrogens (tertiary/aromatic N) is 4. The normalized spacial score (nSPS) is 15.5. The molecule has 26 heavy (non-hydrogen) atoms. The molecule has 1 aromatic rings. The fourth-order valence-corrected chi connectivity index (χ4v) is 3.65. The molecule has 1 fully saturated rings. The molecule has 2 heterocycles. The van der Waals surface area contributed by atoms with E-state index >= 15 is 0 Å². The summed E-state index contributed by atoms with van der Waals surface area (Å²) in [7, 11) is 3.54. The first-order valence-corrected chi connectivity index (χ1v) is 9.47. The van der Waals surface area contributed by atoms with Crippen molar-refractivity contribution in [3.8, 4) is 0 Å². The van der Waals surface area contributed by atoms with Crippen molar-refractivity contribution in [2.75, 3.05) is 27.2 Å². The minimum Gasteiger partial charge on any atom is -0.481 e. The Kier molecular flexibility index (Phi) is 9.36. The Bertz CT molecular complexity index is 608. The highest BCUT2D eigenvalue weighted by Gasteiger charge is 2.25. The van der Waals surface area contributed by atoms with Gasteiger partial charge in [0.25, 0.3) is 5.97 Å². The summed E-state index contributed by atoms with van der Waals surface area (Å²) >= 11 is 1.47. The van der Waals surface area contributed by atoms with Gasteiger partial charge >= 0.3 is 0 Å². The number of carbonyl (C=O) groups excluding carboxylic acids is 1. The first-order chi connectivity index (χ1) is 12.3. The lowest BCUT2D eigenvalue weighted by atomic mass is 9.97. The molecule has 0 radical (unpaired) electrons. The first kappa shape index (κ1) is 22.2. The van der Waals surface area contributed by atoms with Crippen molar-refractivity contribution < 1.29 is 14.7 Å². The van der Waals surface area contributed by atoms with E-state index in [4.69, 9.17) is 9.90 Å². The molecule has 0 aliphatic carbocycles. The molecule has 0 aromatic carbocycles. The van der Waals surface area contributed by atoms with Gasteiger partial charge in [-0.1, -0.05) is 17.8 Å². The van der Waals surface area contributed by atoms with Crippen LogP contribution in [0, 0.1) is 0 Å². The Labute approximate surface area is 159 Å². The monoisotopic (exact) mass is 383 g/mol. The highest BCUT2D eigenvalue weighted by Crippen LogP contribution is 2.29. The molecule has 9 heteroatoms. The maximum Gasteiger partial charge on any atom is 0.300 e. The van der Waals surface area contributed by atoms with Crippen LogP contribution in [0.4, 0.5) is 0 Å².